The Morgan fingerprint density at radius 2 is 2.31 bits per heavy atom. The van der Waals surface area contributed by atoms with Gasteiger partial charge in [-0.1, -0.05) is 22.0 Å². The molecule has 0 aromatic heterocycles. The van der Waals surface area contributed by atoms with E-state index in [0.29, 0.717) is 5.56 Å². The van der Waals surface area contributed by atoms with Crippen LogP contribution in [0.15, 0.2) is 22.7 Å². The van der Waals surface area contributed by atoms with Crippen LogP contribution in [0.3, 0.4) is 0 Å². The minimum atomic E-state index is -0.245. The van der Waals surface area contributed by atoms with E-state index >= 15 is 0 Å². The van der Waals surface area contributed by atoms with Gasteiger partial charge in [-0.15, -0.1) is 0 Å². The largest absolute Gasteiger partial charge is 0.353 e. The van der Waals surface area contributed by atoms with Crippen LogP contribution in [0.25, 0.3) is 0 Å². The molecule has 4 heteroatoms. The Morgan fingerprint density at radius 1 is 1.44 bits per heavy atom. The molecule has 1 aliphatic rings. The molecule has 0 spiro atoms. The van der Waals surface area contributed by atoms with Gasteiger partial charge in [0.2, 0.25) is 0 Å². The molecular weight excluding hydrogens is 275 g/mol. The van der Waals surface area contributed by atoms with Crippen LogP contribution in [0.1, 0.15) is 24.8 Å². The van der Waals surface area contributed by atoms with Gasteiger partial charge in [0, 0.05) is 16.6 Å². The van der Waals surface area contributed by atoms with E-state index in [1.54, 1.807) is 6.07 Å². The summed E-state index contributed by atoms with van der Waals surface area (Å²) in [5.41, 5.74) is 0.567. The zero-order chi connectivity index (χ0) is 11.4. The molecule has 1 aromatic rings. The lowest BCUT2D eigenvalue weighted by Gasteiger charge is -2.22. The van der Waals surface area contributed by atoms with Crippen molar-refractivity contribution in [3.05, 3.63) is 34.1 Å². The van der Waals surface area contributed by atoms with Crippen molar-refractivity contribution >= 4 is 15.9 Å². The van der Waals surface area contributed by atoms with E-state index in [0.717, 1.165) is 30.3 Å². The molecule has 1 aromatic carbocycles. The van der Waals surface area contributed by atoms with Gasteiger partial charge in [0.05, 0.1) is 6.61 Å². The molecular formula is C12H14BrFO2. The monoisotopic (exact) mass is 288 g/mol. The minimum absolute atomic E-state index is 0.170. The van der Waals surface area contributed by atoms with Gasteiger partial charge in [-0.3, -0.25) is 0 Å². The fraction of sp³-hybridized carbons (Fsp3) is 0.500. The highest BCUT2D eigenvalue weighted by Crippen LogP contribution is 2.19. The predicted octanol–water partition coefficient (Wildman–Crippen LogP) is 3.63. The van der Waals surface area contributed by atoms with E-state index in [1.807, 2.05) is 6.07 Å². The molecule has 0 amide bonds. The Kier molecular flexibility index (Phi) is 4.32. The summed E-state index contributed by atoms with van der Waals surface area (Å²) in [6.45, 7) is 1.01. The van der Waals surface area contributed by atoms with Crippen molar-refractivity contribution in [2.75, 3.05) is 6.61 Å². The number of hydrogen-bond acceptors (Lipinski definition) is 2. The number of halogens is 2. The summed E-state index contributed by atoms with van der Waals surface area (Å²) in [5, 5.41) is 0. The normalized spacial score (nSPS) is 21.0. The molecule has 0 radical (unpaired) electrons. The van der Waals surface area contributed by atoms with Gasteiger partial charge in [0.25, 0.3) is 0 Å². The van der Waals surface area contributed by atoms with Crippen LogP contribution in [0, 0.1) is 5.82 Å². The van der Waals surface area contributed by atoms with Gasteiger partial charge < -0.3 is 9.47 Å². The second-order valence-electron chi connectivity index (χ2n) is 3.84. The minimum Gasteiger partial charge on any atom is -0.353 e. The summed E-state index contributed by atoms with van der Waals surface area (Å²) in [6, 6.07) is 4.98. The van der Waals surface area contributed by atoms with Gasteiger partial charge in [-0.2, -0.15) is 0 Å². The fourth-order valence-electron chi connectivity index (χ4n) is 1.66. The third kappa shape index (κ3) is 3.27. The molecule has 0 aliphatic carbocycles. The Balaban J connectivity index is 1.88. The van der Waals surface area contributed by atoms with Crippen LogP contribution < -0.4 is 0 Å². The van der Waals surface area contributed by atoms with Gasteiger partial charge in [0.1, 0.15) is 5.82 Å². The molecule has 0 saturated carbocycles. The lowest BCUT2D eigenvalue weighted by atomic mass is 10.2. The van der Waals surface area contributed by atoms with Crippen molar-refractivity contribution in [3.8, 4) is 0 Å². The summed E-state index contributed by atoms with van der Waals surface area (Å²) in [4.78, 5) is 0. The Labute approximate surface area is 103 Å². The SMILES string of the molecule is Fc1cc(Br)ccc1COC1CCCCO1. The van der Waals surface area contributed by atoms with E-state index in [-0.39, 0.29) is 18.7 Å². The van der Waals surface area contributed by atoms with E-state index in [9.17, 15) is 4.39 Å². The molecule has 0 N–H and O–H groups in total. The van der Waals surface area contributed by atoms with Crippen molar-refractivity contribution in [1.82, 2.24) is 0 Å². The first kappa shape index (κ1) is 12.0. The average Bonchev–Trinajstić information content (AvgIpc) is 2.29. The first-order valence-corrected chi connectivity index (χ1v) is 6.22. The third-order valence-electron chi connectivity index (χ3n) is 2.58. The number of ether oxygens (including phenoxy) is 2. The molecule has 1 fully saturated rings. The van der Waals surface area contributed by atoms with Crippen molar-refractivity contribution in [2.45, 2.75) is 32.2 Å². The van der Waals surface area contributed by atoms with Crippen molar-refractivity contribution in [1.29, 1.82) is 0 Å². The standard InChI is InChI=1S/C12H14BrFO2/c13-10-5-4-9(11(14)7-10)8-16-12-3-1-2-6-15-12/h4-5,7,12H,1-3,6,8H2. The van der Waals surface area contributed by atoms with Gasteiger partial charge >= 0.3 is 0 Å². The lowest BCUT2D eigenvalue weighted by Crippen LogP contribution is -2.22. The van der Waals surface area contributed by atoms with E-state index in [1.165, 1.54) is 6.07 Å². The number of rotatable bonds is 3. The number of benzene rings is 1. The lowest BCUT2D eigenvalue weighted by molar-refractivity contribution is -0.169. The highest BCUT2D eigenvalue weighted by atomic mass is 79.9. The summed E-state index contributed by atoms with van der Waals surface area (Å²) in [5.74, 6) is -0.245. The van der Waals surface area contributed by atoms with Crippen LogP contribution >= 0.6 is 15.9 Å². The zero-order valence-electron chi connectivity index (χ0n) is 8.92. The molecule has 88 valence electrons. The first-order chi connectivity index (χ1) is 7.75. The predicted molar refractivity (Wildman–Crippen MR) is 62.5 cm³/mol. The van der Waals surface area contributed by atoms with E-state index in [4.69, 9.17) is 9.47 Å². The maximum absolute atomic E-state index is 13.5. The van der Waals surface area contributed by atoms with Gasteiger partial charge in [0.15, 0.2) is 6.29 Å². The highest BCUT2D eigenvalue weighted by molar-refractivity contribution is 9.10. The summed E-state index contributed by atoms with van der Waals surface area (Å²) >= 11 is 3.22. The molecule has 1 saturated heterocycles. The van der Waals surface area contributed by atoms with Gasteiger partial charge in [-0.05, 0) is 31.4 Å². The van der Waals surface area contributed by atoms with Crippen LogP contribution in [0.5, 0.6) is 0 Å². The third-order valence-corrected chi connectivity index (χ3v) is 3.07. The van der Waals surface area contributed by atoms with Crippen molar-refractivity contribution < 1.29 is 13.9 Å². The summed E-state index contributed by atoms with van der Waals surface area (Å²) in [6.07, 6.45) is 2.94. The molecule has 0 bridgehead atoms. The average molecular weight is 289 g/mol. The maximum Gasteiger partial charge on any atom is 0.158 e. The molecule has 1 heterocycles. The number of hydrogen-bond donors (Lipinski definition) is 0. The van der Waals surface area contributed by atoms with E-state index < -0.39 is 0 Å². The van der Waals surface area contributed by atoms with Crippen LogP contribution in [0.4, 0.5) is 4.39 Å². The highest BCUT2D eigenvalue weighted by Gasteiger charge is 2.14. The molecule has 1 aliphatic heterocycles. The molecule has 2 nitrogen and oxygen atoms in total. The molecule has 1 unspecified atom stereocenters. The molecule has 16 heavy (non-hydrogen) atoms. The van der Waals surface area contributed by atoms with Crippen molar-refractivity contribution in [3.63, 3.8) is 0 Å². The van der Waals surface area contributed by atoms with Crippen LogP contribution in [0.2, 0.25) is 0 Å². The van der Waals surface area contributed by atoms with Crippen molar-refractivity contribution in [2.24, 2.45) is 0 Å². The second-order valence-corrected chi connectivity index (χ2v) is 4.76. The quantitative estimate of drug-likeness (QED) is 0.846. The summed E-state index contributed by atoms with van der Waals surface area (Å²) < 4.78 is 25.1. The van der Waals surface area contributed by atoms with Crippen LogP contribution in [-0.2, 0) is 16.1 Å². The molecule has 2 rings (SSSR count). The Morgan fingerprint density at radius 3 is 3.00 bits per heavy atom. The van der Waals surface area contributed by atoms with E-state index in [2.05, 4.69) is 15.9 Å². The topological polar surface area (TPSA) is 18.5 Å². The van der Waals surface area contributed by atoms with Crippen LogP contribution in [-0.4, -0.2) is 12.9 Å². The van der Waals surface area contributed by atoms with Gasteiger partial charge in [-0.25, -0.2) is 4.39 Å². The molecule has 1 atom stereocenters. The first-order valence-electron chi connectivity index (χ1n) is 5.43. The summed E-state index contributed by atoms with van der Waals surface area (Å²) in [7, 11) is 0. The zero-order valence-corrected chi connectivity index (χ0v) is 10.5. The fourth-order valence-corrected chi connectivity index (χ4v) is 2.00. The second kappa shape index (κ2) is 5.75. The Bertz CT molecular complexity index is 351. The maximum atomic E-state index is 13.5. The Hall–Kier alpha value is -0.450. The smallest absolute Gasteiger partial charge is 0.158 e.